The Kier molecular flexibility index (Phi) is 2.96. The summed E-state index contributed by atoms with van der Waals surface area (Å²) in [6, 6.07) is 0. The molecule has 0 aliphatic carbocycles. The molecule has 0 saturated carbocycles. The third-order valence-electron chi connectivity index (χ3n) is 2.49. The summed E-state index contributed by atoms with van der Waals surface area (Å²) in [5.74, 6) is 1.16. The van der Waals surface area contributed by atoms with E-state index in [4.69, 9.17) is 5.73 Å². The van der Waals surface area contributed by atoms with Crippen molar-refractivity contribution in [1.82, 2.24) is 14.5 Å². The highest BCUT2D eigenvalue weighted by atomic mass is 15.2. The third-order valence-corrected chi connectivity index (χ3v) is 2.49. The molecule has 2 N–H and O–H groups in total. The maximum atomic E-state index is 5.38. The van der Waals surface area contributed by atoms with E-state index in [1.807, 2.05) is 18.5 Å². The standard InChI is InChI=1S/C10H16N4/c11-3-1-2-5-13-7-8-14-6-4-12-10(14)9-13/h1-2,4,6H,3,5,7-9,11H2/b2-1+. The van der Waals surface area contributed by atoms with Crippen LogP contribution in [0, 0.1) is 0 Å². The Hall–Kier alpha value is -1.13. The van der Waals surface area contributed by atoms with Crippen molar-refractivity contribution < 1.29 is 0 Å². The number of nitrogens with zero attached hydrogens (tertiary/aromatic N) is 3. The normalized spacial score (nSPS) is 17.5. The Morgan fingerprint density at radius 1 is 1.43 bits per heavy atom. The Balaban J connectivity index is 1.91. The van der Waals surface area contributed by atoms with Gasteiger partial charge in [-0.25, -0.2) is 4.98 Å². The average molecular weight is 192 g/mol. The van der Waals surface area contributed by atoms with Gasteiger partial charge in [-0.05, 0) is 0 Å². The van der Waals surface area contributed by atoms with Gasteiger partial charge in [-0.15, -0.1) is 0 Å². The molecule has 0 bridgehead atoms. The van der Waals surface area contributed by atoms with E-state index < -0.39 is 0 Å². The van der Waals surface area contributed by atoms with Crippen LogP contribution in [0.4, 0.5) is 0 Å². The van der Waals surface area contributed by atoms with E-state index in [-0.39, 0.29) is 0 Å². The van der Waals surface area contributed by atoms with Gasteiger partial charge < -0.3 is 10.3 Å². The lowest BCUT2D eigenvalue weighted by Gasteiger charge is -2.26. The zero-order valence-corrected chi connectivity index (χ0v) is 8.26. The van der Waals surface area contributed by atoms with Crippen LogP contribution >= 0.6 is 0 Å². The summed E-state index contributed by atoms with van der Waals surface area (Å²) < 4.78 is 2.21. The molecule has 0 aromatic carbocycles. The Labute approximate surface area is 84.0 Å². The molecule has 2 heterocycles. The molecule has 4 nitrogen and oxygen atoms in total. The van der Waals surface area contributed by atoms with E-state index in [2.05, 4.69) is 20.5 Å². The molecule has 1 aliphatic rings. The number of aromatic nitrogens is 2. The maximum absolute atomic E-state index is 5.38. The SMILES string of the molecule is NC/C=C/CN1CCn2ccnc2C1. The zero-order valence-electron chi connectivity index (χ0n) is 8.26. The van der Waals surface area contributed by atoms with Gasteiger partial charge >= 0.3 is 0 Å². The van der Waals surface area contributed by atoms with Crippen molar-refractivity contribution in [3.05, 3.63) is 30.4 Å². The Morgan fingerprint density at radius 2 is 2.36 bits per heavy atom. The highest BCUT2D eigenvalue weighted by Gasteiger charge is 2.14. The second-order valence-corrected chi connectivity index (χ2v) is 3.48. The minimum absolute atomic E-state index is 0.627. The minimum atomic E-state index is 0.627. The summed E-state index contributed by atoms with van der Waals surface area (Å²) in [5, 5.41) is 0. The van der Waals surface area contributed by atoms with Crippen LogP contribution in [0.2, 0.25) is 0 Å². The number of hydrogen-bond donors (Lipinski definition) is 1. The van der Waals surface area contributed by atoms with Gasteiger partial charge in [-0.1, -0.05) is 12.2 Å². The fourth-order valence-corrected chi connectivity index (χ4v) is 1.70. The van der Waals surface area contributed by atoms with Gasteiger partial charge in [0.25, 0.3) is 0 Å². The number of imidazole rings is 1. The molecule has 0 amide bonds. The minimum Gasteiger partial charge on any atom is -0.333 e. The highest BCUT2D eigenvalue weighted by molar-refractivity contribution is 4.97. The molecular formula is C10H16N4. The summed E-state index contributed by atoms with van der Waals surface area (Å²) in [6.45, 7) is 4.69. The van der Waals surface area contributed by atoms with Crippen LogP contribution in [0.3, 0.4) is 0 Å². The van der Waals surface area contributed by atoms with Crippen molar-refractivity contribution in [2.24, 2.45) is 5.73 Å². The molecule has 0 unspecified atom stereocenters. The maximum Gasteiger partial charge on any atom is 0.122 e. The van der Waals surface area contributed by atoms with Crippen LogP contribution < -0.4 is 5.73 Å². The van der Waals surface area contributed by atoms with E-state index in [0.717, 1.165) is 32.0 Å². The first kappa shape index (κ1) is 9.43. The van der Waals surface area contributed by atoms with Crippen molar-refractivity contribution in [1.29, 1.82) is 0 Å². The van der Waals surface area contributed by atoms with Gasteiger partial charge in [0.15, 0.2) is 0 Å². The molecule has 76 valence electrons. The van der Waals surface area contributed by atoms with Gasteiger partial charge in [0.1, 0.15) is 5.82 Å². The lowest BCUT2D eigenvalue weighted by molar-refractivity contribution is 0.239. The van der Waals surface area contributed by atoms with Crippen molar-refractivity contribution in [3.63, 3.8) is 0 Å². The second-order valence-electron chi connectivity index (χ2n) is 3.48. The molecule has 1 aliphatic heterocycles. The van der Waals surface area contributed by atoms with E-state index in [9.17, 15) is 0 Å². The van der Waals surface area contributed by atoms with Crippen molar-refractivity contribution >= 4 is 0 Å². The van der Waals surface area contributed by atoms with Crippen LogP contribution in [-0.4, -0.2) is 34.1 Å². The average Bonchev–Trinajstić information content (AvgIpc) is 2.65. The predicted molar refractivity (Wildman–Crippen MR) is 55.7 cm³/mol. The molecule has 2 rings (SSSR count). The van der Waals surface area contributed by atoms with Gasteiger partial charge in [-0.2, -0.15) is 0 Å². The van der Waals surface area contributed by atoms with Crippen LogP contribution in [-0.2, 0) is 13.1 Å². The van der Waals surface area contributed by atoms with Crippen molar-refractivity contribution in [2.75, 3.05) is 19.6 Å². The number of hydrogen-bond acceptors (Lipinski definition) is 3. The molecule has 0 radical (unpaired) electrons. The Morgan fingerprint density at radius 3 is 3.21 bits per heavy atom. The van der Waals surface area contributed by atoms with E-state index in [0.29, 0.717) is 6.54 Å². The first-order valence-corrected chi connectivity index (χ1v) is 4.97. The largest absolute Gasteiger partial charge is 0.333 e. The third kappa shape index (κ3) is 2.02. The summed E-state index contributed by atoms with van der Waals surface area (Å²) in [6.07, 6.45) is 8.04. The topological polar surface area (TPSA) is 47.1 Å². The van der Waals surface area contributed by atoms with Gasteiger partial charge in [-0.3, -0.25) is 4.90 Å². The fourth-order valence-electron chi connectivity index (χ4n) is 1.70. The van der Waals surface area contributed by atoms with E-state index >= 15 is 0 Å². The number of fused-ring (bicyclic) bond motifs is 1. The smallest absolute Gasteiger partial charge is 0.122 e. The van der Waals surface area contributed by atoms with Crippen molar-refractivity contribution in [2.45, 2.75) is 13.1 Å². The number of nitrogens with two attached hydrogens (primary N) is 1. The summed E-state index contributed by atoms with van der Waals surface area (Å²) in [7, 11) is 0. The fraction of sp³-hybridized carbons (Fsp3) is 0.500. The van der Waals surface area contributed by atoms with Gasteiger partial charge in [0, 0.05) is 38.6 Å². The lowest BCUT2D eigenvalue weighted by Crippen LogP contribution is -2.33. The summed E-state index contributed by atoms with van der Waals surface area (Å²) in [5.41, 5.74) is 5.38. The highest BCUT2D eigenvalue weighted by Crippen LogP contribution is 2.09. The van der Waals surface area contributed by atoms with Crippen LogP contribution in [0.25, 0.3) is 0 Å². The molecule has 14 heavy (non-hydrogen) atoms. The zero-order chi connectivity index (χ0) is 9.80. The van der Waals surface area contributed by atoms with Crippen LogP contribution in [0.1, 0.15) is 5.82 Å². The summed E-state index contributed by atoms with van der Waals surface area (Å²) in [4.78, 5) is 6.68. The molecule has 0 spiro atoms. The predicted octanol–water partition coefficient (Wildman–Crippen LogP) is 0.214. The first-order chi connectivity index (χ1) is 6.90. The van der Waals surface area contributed by atoms with Crippen LogP contribution in [0.15, 0.2) is 24.5 Å². The van der Waals surface area contributed by atoms with Crippen LogP contribution in [0.5, 0.6) is 0 Å². The molecule has 0 fully saturated rings. The molecule has 1 aromatic rings. The summed E-state index contributed by atoms with van der Waals surface area (Å²) >= 11 is 0. The first-order valence-electron chi connectivity index (χ1n) is 4.97. The molecule has 1 aromatic heterocycles. The monoisotopic (exact) mass is 192 g/mol. The molecular weight excluding hydrogens is 176 g/mol. The van der Waals surface area contributed by atoms with E-state index in [1.165, 1.54) is 0 Å². The van der Waals surface area contributed by atoms with Gasteiger partial charge in [0.05, 0.1) is 6.54 Å². The van der Waals surface area contributed by atoms with Gasteiger partial charge in [0.2, 0.25) is 0 Å². The molecule has 4 heteroatoms. The second kappa shape index (κ2) is 4.39. The number of rotatable bonds is 3. The van der Waals surface area contributed by atoms with E-state index in [1.54, 1.807) is 0 Å². The Bertz CT molecular complexity index is 316. The van der Waals surface area contributed by atoms with Crippen molar-refractivity contribution in [3.8, 4) is 0 Å². The molecule has 0 atom stereocenters. The lowest BCUT2D eigenvalue weighted by atomic mass is 10.3. The quantitative estimate of drug-likeness (QED) is 0.697. The molecule has 0 saturated heterocycles.